The van der Waals surface area contributed by atoms with Crippen LogP contribution in [0.2, 0.25) is 5.02 Å². The summed E-state index contributed by atoms with van der Waals surface area (Å²) in [6.07, 6.45) is -5.53. The van der Waals surface area contributed by atoms with Gasteiger partial charge < -0.3 is 10.1 Å². The summed E-state index contributed by atoms with van der Waals surface area (Å²) in [7, 11) is 1.29. The van der Waals surface area contributed by atoms with Gasteiger partial charge in [0, 0.05) is 12.1 Å². The monoisotopic (exact) mass is 295 g/mol. The van der Waals surface area contributed by atoms with E-state index in [0.717, 1.165) is 0 Å². The maximum absolute atomic E-state index is 12.5. The number of methoxy groups -OCH3 is 1. The predicted octanol–water partition coefficient (Wildman–Crippen LogP) is 3.10. The summed E-state index contributed by atoms with van der Waals surface area (Å²) in [6.45, 7) is -0.290. The van der Waals surface area contributed by atoms with Gasteiger partial charge in [0.2, 0.25) is 5.91 Å². The quantitative estimate of drug-likeness (QED) is 0.906. The van der Waals surface area contributed by atoms with E-state index in [1.165, 1.54) is 31.4 Å². The Hall–Kier alpha value is -1.27. The number of benzene rings is 1. The first-order chi connectivity index (χ1) is 8.81. The van der Waals surface area contributed by atoms with Crippen LogP contribution in [-0.2, 0) is 9.53 Å². The molecule has 0 spiro atoms. The van der Waals surface area contributed by atoms with Crippen molar-refractivity contribution in [3.8, 4) is 0 Å². The van der Waals surface area contributed by atoms with E-state index in [1.54, 1.807) is 0 Å². The van der Waals surface area contributed by atoms with E-state index < -0.39 is 24.5 Å². The van der Waals surface area contributed by atoms with Gasteiger partial charge in [-0.25, -0.2) is 0 Å². The fourth-order valence-corrected chi connectivity index (χ4v) is 1.67. The van der Waals surface area contributed by atoms with Gasteiger partial charge in [0.05, 0.1) is 12.5 Å². The molecule has 1 atom stereocenters. The average molecular weight is 296 g/mol. The second-order valence-corrected chi connectivity index (χ2v) is 4.36. The lowest BCUT2D eigenvalue weighted by molar-refractivity contribution is -0.143. The fourth-order valence-electron chi connectivity index (χ4n) is 1.55. The Kier molecular flexibility index (Phi) is 5.62. The van der Waals surface area contributed by atoms with E-state index >= 15 is 0 Å². The molecule has 0 aliphatic rings. The fraction of sp³-hybridized carbons (Fsp3) is 0.417. The number of hydrogen-bond donors (Lipinski definition) is 1. The molecule has 0 aliphatic heterocycles. The van der Waals surface area contributed by atoms with Crippen LogP contribution < -0.4 is 5.32 Å². The molecule has 3 nitrogen and oxygen atoms in total. The second-order valence-electron chi connectivity index (χ2n) is 3.92. The van der Waals surface area contributed by atoms with Crippen molar-refractivity contribution in [1.29, 1.82) is 0 Å². The molecule has 106 valence electrons. The molecule has 1 amide bonds. The summed E-state index contributed by atoms with van der Waals surface area (Å²) >= 11 is 5.68. The number of ether oxygens (including phenoxy) is 1. The van der Waals surface area contributed by atoms with E-state index in [-0.39, 0.29) is 6.61 Å². The van der Waals surface area contributed by atoms with Crippen molar-refractivity contribution in [3.63, 3.8) is 0 Å². The number of halogens is 4. The molecule has 1 aromatic carbocycles. The smallest absolute Gasteiger partial charge is 0.375 e. The first-order valence-electron chi connectivity index (χ1n) is 5.42. The summed E-state index contributed by atoms with van der Waals surface area (Å²) in [5.41, 5.74) is 0.339. The summed E-state index contributed by atoms with van der Waals surface area (Å²) in [5, 5.41) is 2.70. The Morgan fingerprint density at radius 2 is 1.95 bits per heavy atom. The van der Waals surface area contributed by atoms with Crippen molar-refractivity contribution < 1.29 is 22.7 Å². The highest BCUT2D eigenvalue weighted by Crippen LogP contribution is 2.30. The zero-order valence-corrected chi connectivity index (χ0v) is 10.9. The lowest BCUT2D eigenvalue weighted by Gasteiger charge is -2.20. The molecule has 0 bridgehead atoms. The van der Waals surface area contributed by atoms with E-state index in [1.807, 2.05) is 0 Å². The van der Waals surface area contributed by atoms with Crippen LogP contribution in [0, 0.1) is 0 Å². The molecule has 7 heteroatoms. The van der Waals surface area contributed by atoms with E-state index in [2.05, 4.69) is 10.1 Å². The van der Waals surface area contributed by atoms with Crippen LogP contribution in [0.4, 0.5) is 13.2 Å². The Balaban J connectivity index is 2.85. The zero-order valence-electron chi connectivity index (χ0n) is 10.1. The Morgan fingerprint density at radius 1 is 1.37 bits per heavy atom. The van der Waals surface area contributed by atoms with Gasteiger partial charge >= 0.3 is 6.18 Å². The zero-order chi connectivity index (χ0) is 14.5. The number of amides is 1. The van der Waals surface area contributed by atoms with Crippen molar-refractivity contribution >= 4 is 17.5 Å². The molecule has 0 heterocycles. The standard InChI is InChI=1S/C12H13ClF3NO2/c1-19-7-11(18)17-10(6-12(14,15)16)8-2-4-9(13)5-3-8/h2-5,10H,6-7H2,1H3,(H,17,18)/t10-/m0/s1. The molecule has 1 aromatic rings. The normalized spacial score (nSPS) is 13.1. The third-order valence-corrected chi connectivity index (χ3v) is 2.57. The number of nitrogens with one attached hydrogen (secondary N) is 1. The topological polar surface area (TPSA) is 38.3 Å². The minimum atomic E-state index is -4.38. The Morgan fingerprint density at radius 3 is 2.42 bits per heavy atom. The first-order valence-corrected chi connectivity index (χ1v) is 5.80. The maximum atomic E-state index is 12.5. The second kappa shape index (κ2) is 6.77. The van der Waals surface area contributed by atoms with Crippen molar-refractivity contribution in [2.45, 2.75) is 18.6 Å². The lowest BCUT2D eigenvalue weighted by Crippen LogP contribution is -2.34. The van der Waals surface area contributed by atoms with E-state index in [0.29, 0.717) is 10.6 Å². The molecule has 1 rings (SSSR count). The van der Waals surface area contributed by atoms with Gasteiger partial charge in [-0.15, -0.1) is 0 Å². The molecule has 0 radical (unpaired) electrons. The third kappa shape index (κ3) is 5.94. The third-order valence-electron chi connectivity index (χ3n) is 2.32. The van der Waals surface area contributed by atoms with Crippen molar-refractivity contribution in [1.82, 2.24) is 5.32 Å². The highest BCUT2D eigenvalue weighted by Gasteiger charge is 2.33. The molecule has 0 unspecified atom stereocenters. The van der Waals surface area contributed by atoms with Crippen LogP contribution in [0.15, 0.2) is 24.3 Å². The summed E-state index contributed by atoms with van der Waals surface area (Å²) in [5.74, 6) is -0.605. The van der Waals surface area contributed by atoms with Gasteiger partial charge in [-0.05, 0) is 17.7 Å². The van der Waals surface area contributed by atoms with Crippen LogP contribution >= 0.6 is 11.6 Å². The molecule has 0 aliphatic carbocycles. The lowest BCUT2D eigenvalue weighted by atomic mass is 10.0. The highest BCUT2D eigenvalue weighted by atomic mass is 35.5. The van der Waals surface area contributed by atoms with Crippen molar-refractivity contribution in [2.24, 2.45) is 0 Å². The van der Waals surface area contributed by atoms with Gasteiger partial charge in [-0.3, -0.25) is 4.79 Å². The van der Waals surface area contributed by atoms with Crippen LogP contribution in [0.3, 0.4) is 0 Å². The number of rotatable bonds is 5. The molecular formula is C12H13ClF3NO2. The maximum Gasteiger partial charge on any atom is 0.391 e. The molecule has 0 saturated heterocycles. The minimum Gasteiger partial charge on any atom is -0.375 e. The van der Waals surface area contributed by atoms with Crippen molar-refractivity contribution in [3.05, 3.63) is 34.9 Å². The predicted molar refractivity (Wildman–Crippen MR) is 64.9 cm³/mol. The summed E-state index contributed by atoms with van der Waals surface area (Å²) in [6, 6.07) is 4.70. The number of alkyl halides is 3. The van der Waals surface area contributed by atoms with Crippen LogP contribution in [0.5, 0.6) is 0 Å². The first kappa shape index (κ1) is 15.8. The Bertz CT molecular complexity index is 420. The van der Waals surface area contributed by atoms with Crippen molar-refractivity contribution in [2.75, 3.05) is 13.7 Å². The SMILES string of the molecule is COCC(=O)N[C@@H](CC(F)(F)F)c1ccc(Cl)cc1. The molecular weight excluding hydrogens is 283 g/mol. The molecule has 0 saturated carbocycles. The largest absolute Gasteiger partial charge is 0.391 e. The van der Waals surface area contributed by atoms with Crippen LogP contribution in [-0.4, -0.2) is 25.8 Å². The van der Waals surface area contributed by atoms with E-state index in [4.69, 9.17) is 11.6 Å². The molecule has 19 heavy (non-hydrogen) atoms. The summed E-state index contributed by atoms with van der Waals surface area (Å²) in [4.78, 5) is 11.4. The van der Waals surface area contributed by atoms with E-state index in [9.17, 15) is 18.0 Å². The highest BCUT2D eigenvalue weighted by molar-refractivity contribution is 6.30. The van der Waals surface area contributed by atoms with Gasteiger partial charge in [0.25, 0.3) is 0 Å². The summed E-state index contributed by atoms with van der Waals surface area (Å²) < 4.78 is 42.1. The number of carbonyl (C=O) groups excluding carboxylic acids is 1. The molecule has 0 fully saturated rings. The van der Waals surface area contributed by atoms with Gasteiger partial charge in [0.1, 0.15) is 6.61 Å². The number of hydrogen-bond acceptors (Lipinski definition) is 2. The van der Waals surface area contributed by atoms with Gasteiger partial charge in [-0.2, -0.15) is 13.2 Å². The van der Waals surface area contributed by atoms with Gasteiger partial charge in [-0.1, -0.05) is 23.7 Å². The Labute approximate surface area is 113 Å². The molecule has 1 N–H and O–H groups in total. The molecule has 0 aromatic heterocycles. The van der Waals surface area contributed by atoms with Crippen LogP contribution in [0.1, 0.15) is 18.0 Å². The van der Waals surface area contributed by atoms with Crippen LogP contribution in [0.25, 0.3) is 0 Å². The van der Waals surface area contributed by atoms with Gasteiger partial charge in [0.15, 0.2) is 0 Å². The average Bonchev–Trinajstić information content (AvgIpc) is 2.27. The number of carbonyl (C=O) groups is 1. The minimum absolute atomic E-state index is 0.290.